The predicted octanol–water partition coefficient (Wildman–Crippen LogP) is 2.61. The van der Waals surface area contributed by atoms with E-state index in [4.69, 9.17) is 11.6 Å². The van der Waals surface area contributed by atoms with Crippen LogP contribution >= 0.6 is 11.6 Å². The number of rotatable bonds is 3. The minimum Gasteiger partial charge on any atom is -0.365 e. The molecule has 3 aromatic rings. The average molecular weight is 329 g/mol. The highest BCUT2D eigenvalue weighted by Crippen LogP contribution is 2.26. The molecule has 4 rings (SSSR count). The summed E-state index contributed by atoms with van der Waals surface area (Å²) in [4.78, 5) is 9.00. The fraction of sp³-hybridized carbons (Fsp3) is 0.312. The van der Waals surface area contributed by atoms with Crippen molar-refractivity contribution in [3.05, 3.63) is 41.8 Å². The van der Waals surface area contributed by atoms with Crippen LogP contribution in [0.1, 0.15) is 12.8 Å². The molecule has 0 radical (unpaired) electrons. The fourth-order valence-electron chi connectivity index (χ4n) is 2.87. The molecule has 3 aromatic heterocycles. The van der Waals surface area contributed by atoms with Gasteiger partial charge in [0.05, 0.1) is 23.5 Å². The Kier molecular flexibility index (Phi) is 3.85. The van der Waals surface area contributed by atoms with E-state index >= 15 is 0 Å². The lowest BCUT2D eigenvalue weighted by molar-refractivity contribution is 0.479. The Balaban J connectivity index is 1.68. The molecule has 1 saturated heterocycles. The van der Waals surface area contributed by atoms with Gasteiger partial charge in [-0.05, 0) is 31.5 Å². The number of nitrogens with zero attached hydrogens (tertiary/aromatic N) is 4. The van der Waals surface area contributed by atoms with E-state index in [1.165, 1.54) is 0 Å². The molecule has 0 spiro atoms. The molecule has 2 N–H and O–H groups in total. The second-order valence-electron chi connectivity index (χ2n) is 5.67. The summed E-state index contributed by atoms with van der Waals surface area (Å²) in [7, 11) is 0. The summed E-state index contributed by atoms with van der Waals surface area (Å²) in [6.07, 6.45) is 7.60. The van der Waals surface area contributed by atoms with Gasteiger partial charge in [0.2, 0.25) is 0 Å². The van der Waals surface area contributed by atoms with Crippen LogP contribution in [0.2, 0.25) is 5.02 Å². The molecule has 23 heavy (non-hydrogen) atoms. The Bertz CT molecular complexity index is 824. The van der Waals surface area contributed by atoms with Crippen LogP contribution in [-0.4, -0.2) is 38.7 Å². The molecule has 0 bridgehead atoms. The summed E-state index contributed by atoms with van der Waals surface area (Å²) >= 11 is 6.27. The van der Waals surface area contributed by atoms with Crippen LogP contribution in [0.25, 0.3) is 16.9 Å². The molecule has 7 heteroatoms. The van der Waals surface area contributed by atoms with Gasteiger partial charge < -0.3 is 10.6 Å². The van der Waals surface area contributed by atoms with Gasteiger partial charge in [0.25, 0.3) is 0 Å². The number of aromatic nitrogens is 4. The minimum atomic E-state index is 0.341. The lowest BCUT2D eigenvalue weighted by atomic mass is 10.1. The number of anilines is 1. The number of hydrogen-bond donors (Lipinski definition) is 2. The number of nitrogens with one attached hydrogen (secondary N) is 2. The first kappa shape index (κ1) is 14.4. The van der Waals surface area contributed by atoms with E-state index in [9.17, 15) is 0 Å². The molecule has 6 nitrogen and oxygen atoms in total. The van der Waals surface area contributed by atoms with Crippen molar-refractivity contribution in [3.63, 3.8) is 0 Å². The smallest absolute Gasteiger partial charge is 0.165 e. The van der Waals surface area contributed by atoms with Crippen molar-refractivity contribution in [3.8, 4) is 11.4 Å². The van der Waals surface area contributed by atoms with Gasteiger partial charge in [0, 0.05) is 18.8 Å². The quantitative estimate of drug-likeness (QED) is 0.773. The fourth-order valence-corrected chi connectivity index (χ4v) is 3.02. The van der Waals surface area contributed by atoms with Gasteiger partial charge in [0.1, 0.15) is 10.8 Å². The summed E-state index contributed by atoms with van der Waals surface area (Å²) in [6, 6.07) is 6.25. The summed E-state index contributed by atoms with van der Waals surface area (Å²) in [5.74, 6) is 1.31. The Morgan fingerprint density at radius 1 is 1.30 bits per heavy atom. The molecule has 1 aliphatic rings. The lowest BCUT2D eigenvalue weighted by Crippen LogP contribution is -2.38. The van der Waals surface area contributed by atoms with Crippen molar-refractivity contribution in [1.29, 1.82) is 0 Å². The molecule has 0 aliphatic carbocycles. The molecule has 118 valence electrons. The maximum atomic E-state index is 6.27. The first-order valence-corrected chi connectivity index (χ1v) is 8.11. The maximum absolute atomic E-state index is 6.27. The SMILES string of the molecule is Clc1cnc(-c2cnn3ccccc23)nc1N[C@@H]1CCCNC1. The first-order chi connectivity index (χ1) is 11.3. The summed E-state index contributed by atoms with van der Waals surface area (Å²) < 4.78 is 1.81. The zero-order valence-electron chi connectivity index (χ0n) is 12.5. The molecule has 1 fully saturated rings. The average Bonchev–Trinajstić information content (AvgIpc) is 3.02. The molecule has 4 heterocycles. The third-order valence-corrected chi connectivity index (χ3v) is 4.33. The van der Waals surface area contributed by atoms with Gasteiger partial charge >= 0.3 is 0 Å². The molecule has 0 unspecified atom stereocenters. The van der Waals surface area contributed by atoms with Gasteiger partial charge in [0.15, 0.2) is 5.82 Å². The minimum absolute atomic E-state index is 0.341. The highest BCUT2D eigenvalue weighted by molar-refractivity contribution is 6.32. The van der Waals surface area contributed by atoms with E-state index in [0.717, 1.165) is 37.0 Å². The Labute approximate surface area is 138 Å². The van der Waals surface area contributed by atoms with E-state index in [0.29, 0.717) is 22.7 Å². The molecular formula is C16H17ClN6. The molecule has 1 aliphatic heterocycles. The van der Waals surface area contributed by atoms with Crippen molar-refractivity contribution in [2.45, 2.75) is 18.9 Å². The molecule has 1 atom stereocenters. The molecule has 0 saturated carbocycles. The summed E-state index contributed by atoms with van der Waals surface area (Å²) in [5.41, 5.74) is 1.87. The van der Waals surface area contributed by atoms with Crippen molar-refractivity contribution < 1.29 is 0 Å². The normalized spacial score (nSPS) is 18.2. The third-order valence-electron chi connectivity index (χ3n) is 4.05. The van der Waals surface area contributed by atoms with Crippen LogP contribution in [0.5, 0.6) is 0 Å². The standard InChI is InChI=1S/C16H17ClN6/c17-13-10-19-15(12-9-20-23-7-2-1-5-14(12)23)22-16(13)21-11-4-3-6-18-8-11/h1-2,5,7,9-11,18H,3-4,6,8H2,(H,19,21,22)/t11-/m1/s1. The molecular weight excluding hydrogens is 312 g/mol. The molecule has 0 amide bonds. The van der Waals surface area contributed by atoms with Crippen molar-refractivity contribution in [1.82, 2.24) is 24.9 Å². The van der Waals surface area contributed by atoms with Crippen LogP contribution in [0.15, 0.2) is 36.8 Å². The zero-order chi connectivity index (χ0) is 15.6. The van der Waals surface area contributed by atoms with Crippen molar-refractivity contribution in [2.24, 2.45) is 0 Å². The van der Waals surface area contributed by atoms with Crippen molar-refractivity contribution >= 4 is 22.9 Å². The van der Waals surface area contributed by atoms with Crippen LogP contribution in [0.3, 0.4) is 0 Å². The van der Waals surface area contributed by atoms with Crippen molar-refractivity contribution in [2.75, 3.05) is 18.4 Å². The first-order valence-electron chi connectivity index (χ1n) is 7.74. The largest absolute Gasteiger partial charge is 0.365 e. The molecule has 0 aromatic carbocycles. The van der Waals surface area contributed by atoms with Crippen LogP contribution in [0, 0.1) is 0 Å². The predicted molar refractivity (Wildman–Crippen MR) is 90.7 cm³/mol. The number of piperidine rings is 1. The summed E-state index contributed by atoms with van der Waals surface area (Å²) in [6.45, 7) is 2.00. The zero-order valence-corrected chi connectivity index (χ0v) is 13.3. The van der Waals surface area contributed by atoms with Gasteiger partial charge in [-0.3, -0.25) is 0 Å². The summed E-state index contributed by atoms with van der Waals surface area (Å²) in [5, 5.41) is 11.7. The van der Waals surface area contributed by atoms with E-state index in [1.54, 1.807) is 12.4 Å². The number of halogens is 1. The van der Waals surface area contributed by atoms with Gasteiger partial charge in [-0.1, -0.05) is 17.7 Å². The highest BCUT2D eigenvalue weighted by Gasteiger charge is 2.17. The Morgan fingerprint density at radius 3 is 3.13 bits per heavy atom. The maximum Gasteiger partial charge on any atom is 0.165 e. The second kappa shape index (κ2) is 6.14. The second-order valence-corrected chi connectivity index (χ2v) is 6.07. The number of fused-ring (bicyclic) bond motifs is 1. The van der Waals surface area contributed by atoms with E-state index < -0.39 is 0 Å². The van der Waals surface area contributed by atoms with Crippen LogP contribution in [-0.2, 0) is 0 Å². The van der Waals surface area contributed by atoms with E-state index in [2.05, 4.69) is 25.7 Å². The van der Waals surface area contributed by atoms with Gasteiger partial charge in [-0.15, -0.1) is 0 Å². The number of hydrogen-bond acceptors (Lipinski definition) is 5. The monoisotopic (exact) mass is 328 g/mol. The van der Waals surface area contributed by atoms with Gasteiger partial charge in [-0.25, -0.2) is 14.5 Å². The highest BCUT2D eigenvalue weighted by atomic mass is 35.5. The Morgan fingerprint density at radius 2 is 2.26 bits per heavy atom. The van der Waals surface area contributed by atoms with Crippen LogP contribution < -0.4 is 10.6 Å². The van der Waals surface area contributed by atoms with E-state index in [1.807, 2.05) is 28.9 Å². The Hall–Kier alpha value is -2.18. The third kappa shape index (κ3) is 2.87. The number of pyridine rings is 1. The van der Waals surface area contributed by atoms with Gasteiger partial charge in [-0.2, -0.15) is 5.10 Å². The topological polar surface area (TPSA) is 67.1 Å². The van der Waals surface area contributed by atoms with Crippen LogP contribution in [0.4, 0.5) is 5.82 Å². The van der Waals surface area contributed by atoms with E-state index in [-0.39, 0.29) is 0 Å². The lowest BCUT2D eigenvalue weighted by Gasteiger charge is -2.24.